The van der Waals surface area contributed by atoms with Crippen molar-refractivity contribution in [2.45, 2.75) is 0 Å². The van der Waals surface area contributed by atoms with Crippen molar-refractivity contribution >= 4 is 18.6 Å². The third kappa shape index (κ3) is 11.2. The first kappa shape index (κ1) is 11.3. The van der Waals surface area contributed by atoms with Crippen molar-refractivity contribution in [2.24, 2.45) is 0 Å². The second-order valence-electron chi connectivity index (χ2n) is 1.11. The molecule has 0 aromatic carbocycles. The van der Waals surface area contributed by atoms with Gasteiger partial charge in [-0.05, 0) is 0 Å². The van der Waals surface area contributed by atoms with Gasteiger partial charge in [0.25, 0.3) is 0 Å². The number of rotatable bonds is 3. The highest BCUT2D eigenvalue weighted by molar-refractivity contribution is 5.85. The molecule has 4 nitrogen and oxygen atoms in total. The molecule has 0 unspecified atom stereocenters. The van der Waals surface area contributed by atoms with Crippen LogP contribution in [0.25, 0.3) is 0 Å². The van der Waals surface area contributed by atoms with Crippen molar-refractivity contribution in [3.05, 3.63) is 0 Å². The molecular weight excluding hydrogens is 147 g/mol. The molecule has 9 heavy (non-hydrogen) atoms. The minimum absolute atomic E-state index is 0. The van der Waals surface area contributed by atoms with Crippen LogP contribution in [-0.4, -0.2) is 31.6 Å². The van der Waals surface area contributed by atoms with E-state index in [1.807, 2.05) is 0 Å². The van der Waals surface area contributed by atoms with E-state index < -0.39 is 6.16 Å². The predicted molar refractivity (Wildman–Crippen MR) is 33.1 cm³/mol. The van der Waals surface area contributed by atoms with Gasteiger partial charge < -0.3 is 14.6 Å². The number of methoxy groups -OCH3 is 1. The van der Waals surface area contributed by atoms with Crippen molar-refractivity contribution in [2.75, 3.05) is 20.3 Å². The summed E-state index contributed by atoms with van der Waals surface area (Å²) in [6, 6.07) is 0. The van der Waals surface area contributed by atoms with E-state index in [2.05, 4.69) is 9.47 Å². The molecule has 0 bridgehead atoms. The Labute approximate surface area is 59.2 Å². The molecule has 0 aromatic rings. The maximum Gasteiger partial charge on any atom is 0.505 e. The van der Waals surface area contributed by atoms with Crippen LogP contribution < -0.4 is 0 Å². The topological polar surface area (TPSA) is 55.8 Å². The normalized spacial score (nSPS) is 7.67. The zero-order valence-electron chi connectivity index (χ0n) is 4.99. The molecular formula is C4H9ClO4. The summed E-state index contributed by atoms with van der Waals surface area (Å²) in [5.41, 5.74) is 0. The van der Waals surface area contributed by atoms with E-state index >= 15 is 0 Å². The van der Waals surface area contributed by atoms with Gasteiger partial charge in [0.2, 0.25) is 0 Å². The number of ether oxygens (including phenoxy) is 2. The summed E-state index contributed by atoms with van der Waals surface area (Å²) in [6.07, 6.45) is -1.26. The molecule has 0 saturated carbocycles. The van der Waals surface area contributed by atoms with Crippen LogP contribution in [0, 0.1) is 0 Å². The number of halogens is 1. The molecule has 0 aromatic heterocycles. The van der Waals surface area contributed by atoms with Crippen LogP contribution in [0.1, 0.15) is 0 Å². The highest BCUT2D eigenvalue weighted by Crippen LogP contribution is 1.74. The maximum atomic E-state index is 9.60. The Morgan fingerprint density at radius 3 is 2.44 bits per heavy atom. The van der Waals surface area contributed by atoms with E-state index in [4.69, 9.17) is 5.11 Å². The molecule has 0 fully saturated rings. The summed E-state index contributed by atoms with van der Waals surface area (Å²) < 4.78 is 8.58. The first-order valence-electron chi connectivity index (χ1n) is 2.12. The van der Waals surface area contributed by atoms with Gasteiger partial charge in [0.1, 0.15) is 6.61 Å². The Morgan fingerprint density at radius 2 is 2.11 bits per heavy atom. The molecule has 0 rings (SSSR count). The first-order chi connectivity index (χ1) is 3.77. The van der Waals surface area contributed by atoms with Crippen molar-refractivity contribution in [3.8, 4) is 0 Å². The molecule has 0 aliphatic rings. The minimum Gasteiger partial charge on any atom is -0.450 e. The number of hydrogen-bond donors (Lipinski definition) is 1. The van der Waals surface area contributed by atoms with Crippen LogP contribution >= 0.6 is 12.4 Å². The van der Waals surface area contributed by atoms with Gasteiger partial charge in [-0.3, -0.25) is 0 Å². The lowest BCUT2D eigenvalue weighted by molar-refractivity contribution is 0.0630. The lowest BCUT2D eigenvalue weighted by atomic mass is 10.8. The summed E-state index contributed by atoms with van der Waals surface area (Å²) in [5.74, 6) is 0. The van der Waals surface area contributed by atoms with Crippen molar-refractivity contribution in [1.82, 2.24) is 0 Å². The van der Waals surface area contributed by atoms with Crippen LogP contribution in [0.3, 0.4) is 0 Å². The number of carbonyl (C=O) groups is 1. The molecule has 0 heterocycles. The summed E-state index contributed by atoms with van der Waals surface area (Å²) in [6.45, 7) is 0.415. The molecule has 1 N–H and O–H groups in total. The average molecular weight is 157 g/mol. The van der Waals surface area contributed by atoms with Crippen molar-refractivity contribution in [3.63, 3.8) is 0 Å². The summed E-state index contributed by atoms with van der Waals surface area (Å²) in [4.78, 5) is 9.60. The standard InChI is InChI=1S/C4H8O4.ClH/c1-7-2-3-8-4(5)6;/h2-3H2,1H3,(H,5,6);1H. The third-order valence-electron chi connectivity index (χ3n) is 0.513. The SMILES string of the molecule is COCCOC(=O)O.Cl. The fourth-order valence-electron chi connectivity index (χ4n) is 0.212. The van der Waals surface area contributed by atoms with Gasteiger partial charge in [0.15, 0.2) is 0 Å². The molecule has 5 heteroatoms. The minimum atomic E-state index is -1.26. The highest BCUT2D eigenvalue weighted by Gasteiger charge is 1.91. The van der Waals surface area contributed by atoms with Crippen LogP contribution in [-0.2, 0) is 9.47 Å². The van der Waals surface area contributed by atoms with Gasteiger partial charge in [-0.2, -0.15) is 0 Å². The van der Waals surface area contributed by atoms with Gasteiger partial charge in [-0.1, -0.05) is 0 Å². The second kappa shape index (κ2) is 7.52. The molecule has 0 spiro atoms. The lowest BCUT2D eigenvalue weighted by Crippen LogP contribution is -2.06. The van der Waals surface area contributed by atoms with Gasteiger partial charge in [-0.15, -0.1) is 12.4 Å². The maximum absolute atomic E-state index is 9.60. The summed E-state index contributed by atoms with van der Waals surface area (Å²) in [7, 11) is 1.48. The zero-order valence-corrected chi connectivity index (χ0v) is 5.81. The van der Waals surface area contributed by atoms with Crippen molar-refractivity contribution in [1.29, 1.82) is 0 Å². The average Bonchev–Trinajstić information content (AvgIpc) is 1.66. The van der Waals surface area contributed by atoms with Crippen LogP contribution in [0.5, 0.6) is 0 Å². The largest absolute Gasteiger partial charge is 0.505 e. The molecule has 0 radical (unpaired) electrons. The molecule has 0 amide bonds. The smallest absolute Gasteiger partial charge is 0.450 e. The Morgan fingerprint density at radius 1 is 1.56 bits per heavy atom. The van der Waals surface area contributed by atoms with E-state index in [-0.39, 0.29) is 19.0 Å². The van der Waals surface area contributed by atoms with E-state index in [9.17, 15) is 4.79 Å². The molecule has 0 aliphatic heterocycles. The highest BCUT2D eigenvalue weighted by atomic mass is 35.5. The van der Waals surface area contributed by atoms with E-state index in [1.54, 1.807) is 0 Å². The third-order valence-corrected chi connectivity index (χ3v) is 0.513. The molecule has 0 atom stereocenters. The quantitative estimate of drug-likeness (QED) is 0.484. The van der Waals surface area contributed by atoms with Crippen molar-refractivity contribution < 1.29 is 19.4 Å². The van der Waals surface area contributed by atoms with Gasteiger partial charge in [0.05, 0.1) is 6.61 Å². The monoisotopic (exact) mass is 156 g/mol. The lowest BCUT2D eigenvalue weighted by Gasteiger charge is -1.95. The second-order valence-corrected chi connectivity index (χ2v) is 1.11. The van der Waals surface area contributed by atoms with Gasteiger partial charge in [0, 0.05) is 7.11 Å². The molecule has 56 valence electrons. The van der Waals surface area contributed by atoms with E-state index in [0.29, 0.717) is 6.61 Å². The predicted octanol–water partition coefficient (Wildman–Crippen LogP) is 0.749. The van der Waals surface area contributed by atoms with Gasteiger partial charge in [-0.25, -0.2) is 4.79 Å². The number of carboxylic acid groups (broad SMARTS) is 1. The Balaban J connectivity index is 0. The summed E-state index contributed by atoms with van der Waals surface area (Å²) in [5, 5.41) is 7.86. The van der Waals surface area contributed by atoms with Crippen LogP contribution in [0.15, 0.2) is 0 Å². The first-order valence-corrected chi connectivity index (χ1v) is 2.12. The van der Waals surface area contributed by atoms with Crippen LogP contribution in [0.4, 0.5) is 4.79 Å². The number of hydrogen-bond acceptors (Lipinski definition) is 3. The fraction of sp³-hybridized carbons (Fsp3) is 0.750. The Bertz CT molecular complexity index is 75.0. The van der Waals surface area contributed by atoms with E-state index in [1.165, 1.54) is 7.11 Å². The van der Waals surface area contributed by atoms with Crippen LogP contribution in [0.2, 0.25) is 0 Å². The fourth-order valence-corrected chi connectivity index (χ4v) is 0.212. The Hall–Kier alpha value is -0.480. The van der Waals surface area contributed by atoms with Gasteiger partial charge >= 0.3 is 6.16 Å². The molecule has 0 aliphatic carbocycles. The Kier molecular flexibility index (Phi) is 9.47. The summed E-state index contributed by atoms with van der Waals surface area (Å²) >= 11 is 0. The van der Waals surface area contributed by atoms with E-state index in [0.717, 1.165) is 0 Å². The molecule has 0 saturated heterocycles. The zero-order chi connectivity index (χ0) is 6.41.